The molecule has 4 heteroatoms. The van der Waals surface area contributed by atoms with Crippen molar-refractivity contribution in [3.8, 4) is 11.6 Å². The first kappa shape index (κ1) is 12.9. The third-order valence-electron chi connectivity index (χ3n) is 3.69. The van der Waals surface area contributed by atoms with Gasteiger partial charge < -0.3 is 10.1 Å². The lowest BCUT2D eigenvalue weighted by molar-refractivity contribution is 0.455. The fourth-order valence-corrected chi connectivity index (χ4v) is 2.09. The van der Waals surface area contributed by atoms with Crippen molar-refractivity contribution >= 4 is 5.82 Å². The molecule has 1 saturated carbocycles. The van der Waals surface area contributed by atoms with Crippen LogP contribution in [0, 0.1) is 13.8 Å². The van der Waals surface area contributed by atoms with Gasteiger partial charge in [0.2, 0.25) is 5.88 Å². The van der Waals surface area contributed by atoms with E-state index in [4.69, 9.17) is 4.74 Å². The van der Waals surface area contributed by atoms with Crippen LogP contribution in [0.1, 0.15) is 35.7 Å². The van der Waals surface area contributed by atoms with Crippen molar-refractivity contribution in [3.05, 3.63) is 41.2 Å². The quantitative estimate of drug-likeness (QED) is 0.917. The lowest BCUT2D eigenvalue weighted by Gasteiger charge is -2.11. The van der Waals surface area contributed by atoms with Gasteiger partial charge in [0.1, 0.15) is 17.4 Å². The molecule has 3 rings (SSSR count). The zero-order valence-electron chi connectivity index (χ0n) is 12.1. The normalized spacial score (nSPS) is 14.2. The van der Waals surface area contributed by atoms with Crippen LogP contribution in [0.2, 0.25) is 0 Å². The molecule has 0 spiro atoms. The highest BCUT2D eigenvalue weighted by Gasteiger charge is 2.27. The van der Waals surface area contributed by atoms with Gasteiger partial charge in [-0.15, -0.1) is 0 Å². The summed E-state index contributed by atoms with van der Waals surface area (Å²) in [5.74, 6) is 3.66. The number of ether oxygens (including phenoxy) is 1. The molecule has 1 aliphatic carbocycles. The van der Waals surface area contributed by atoms with Gasteiger partial charge in [-0.05, 0) is 43.9 Å². The van der Waals surface area contributed by atoms with E-state index in [0.29, 0.717) is 11.8 Å². The topological polar surface area (TPSA) is 47.0 Å². The highest BCUT2D eigenvalue weighted by Crippen LogP contribution is 2.39. The Bertz CT molecular complexity index is 636. The Morgan fingerprint density at radius 3 is 2.70 bits per heavy atom. The summed E-state index contributed by atoms with van der Waals surface area (Å²) in [6.07, 6.45) is 2.35. The molecule has 1 N–H and O–H groups in total. The minimum Gasteiger partial charge on any atom is -0.439 e. The summed E-state index contributed by atoms with van der Waals surface area (Å²) >= 11 is 0. The molecular formula is C16H19N3O. The number of nitrogens with zero attached hydrogens (tertiary/aromatic N) is 2. The van der Waals surface area contributed by atoms with Crippen LogP contribution in [0.4, 0.5) is 5.82 Å². The molecule has 0 amide bonds. The Morgan fingerprint density at radius 1 is 1.20 bits per heavy atom. The maximum atomic E-state index is 5.96. The highest BCUT2D eigenvalue weighted by atomic mass is 16.5. The number of benzene rings is 1. The second-order valence-electron chi connectivity index (χ2n) is 5.27. The van der Waals surface area contributed by atoms with Gasteiger partial charge in [-0.2, -0.15) is 4.98 Å². The Labute approximate surface area is 119 Å². The summed E-state index contributed by atoms with van der Waals surface area (Å²) < 4.78 is 5.96. The summed E-state index contributed by atoms with van der Waals surface area (Å²) in [7, 11) is 1.86. The zero-order valence-corrected chi connectivity index (χ0v) is 12.1. The minimum absolute atomic E-state index is 0.504. The fourth-order valence-electron chi connectivity index (χ4n) is 2.09. The van der Waals surface area contributed by atoms with Crippen LogP contribution in [0.15, 0.2) is 24.3 Å². The standard InChI is InChI=1S/C16H19N3O/c1-10-5-4-6-13(11(10)2)20-15-9-14(17-3)18-16(19-15)12-7-8-12/h4-6,9,12H,7-8H2,1-3H3,(H,17,18,19). The molecule has 1 aromatic carbocycles. The van der Waals surface area contributed by atoms with Gasteiger partial charge in [0.15, 0.2) is 0 Å². The monoisotopic (exact) mass is 269 g/mol. The molecule has 104 valence electrons. The molecule has 0 unspecified atom stereocenters. The van der Waals surface area contributed by atoms with Crippen LogP contribution < -0.4 is 10.1 Å². The van der Waals surface area contributed by atoms with E-state index in [1.807, 2.05) is 25.2 Å². The van der Waals surface area contributed by atoms with E-state index in [0.717, 1.165) is 23.0 Å². The second-order valence-corrected chi connectivity index (χ2v) is 5.27. The molecule has 0 aliphatic heterocycles. The Hall–Kier alpha value is -2.10. The molecule has 1 heterocycles. The third-order valence-corrected chi connectivity index (χ3v) is 3.69. The first-order valence-corrected chi connectivity index (χ1v) is 6.98. The molecule has 20 heavy (non-hydrogen) atoms. The number of anilines is 1. The summed E-state index contributed by atoms with van der Waals surface area (Å²) in [6, 6.07) is 7.89. The first-order chi connectivity index (χ1) is 9.67. The predicted molar refractivity (Wildman–Crippen MR) is 79.5 cm³/mol. The van der Waals surface area contributed by atoms with Gasteiger partial charge >= 0.3 is 0 Å². The number of hydrogen-bond donors (Lipinski definition) is 1. The van der Waals surface area contributed by atoms with Crippen LogP contribution in [0.3, 0.4) is 0 Å². The van der Waals surface area contributed by atoms with Crippen LogP contribution in [0.25, 0.3) is 0 Å². The van der Waals surface area contributed by atoms with E-state index in [1.165, 1.54) is 18.4 Å². The lowest BCUT2D eigenvalue weighted by Crippen LogP contribution is -2.01. The van der Waals surface area contributed by atoms with Crippen LogP contribution >= 0.6 is 0 Å². The average Bonchev–Trinajstić information content (AvgIpc) is 3.28. The molecule has 0 saturated heterocycles. The van der Waals surface area contributed by atoms with Gasteiger partial charge in [0.05, 0.1) is 0 Å². The zero-order chi connectivity index (χ0) is 14.1. The largest absolute Gasteiger partial charge is 0.439 e. The molecule has 1 fully saturated rings. The highest BCUT2D eigenvalue weighted by molar-refractivity contribution is 5.43. The summed E-state index contributed by atoms with van der Waals surface area (Å²) in [4.78, 5) is 9.03. The first-order valence-electron chi connectivity index (χ1n) is 6.98. The maximum absolute atomic E-state index is 5.96. The van der Waals surface area contributed by atoms with Gasteiger partial charge in [-0.25, -0.2) is 4.98 Å². The van der Waals surface area contributed by atoms with Crippen molar-refractivity contribution in [2.45, 2.75) is 32.6 Å². The van der Waals surface area contributed by atoms with Crippen molar-refractivity contribution in [2.75, 3.05) is 12.4 Å². The van der Waals surface area contributed by atoms with E-state index < -0.39 is 0 Å². The van der Waals surface area contributed by atoms with Crippen LogP contribution in [0.5, 0.6) is 11.6 Å². The van der Waals surface area contributed by atoms with Crippen molar-refractivity contribution in [3.63, 3.8) is 0 Å². The van der Waals surface area contributed by atoms with E-state index in [1.54, 1.807) is 0 Å². The third kappa shape index (κ3) is 2.59. The van der Waals surface area contributed by atoms with E-state index in [9.17, 15) is 0 Å². The lowest BCUT2D eigenvalue weighted by atomic mass is 10.1. The number of aryl methyl sites for hydroxylation is 1. The molecule has 0 atom stereocenters. The van der Waals surface area contributed by atoms with Crippen LogP contribution in [-0.4, -0.2) is 17.0 Å². The smallest absolute Gasteiger partial charge is 0.224 e. The fraction of sp³-hybridized carbons (Fsp3) is 0.375. The molecule has 0 radical (unpaired) electrons. The molecule has 0 bridgehead atoms. The molecule has 2 aromatic rings. The van der Waals surface area contributed by atoms with E-state index >= 15 is 0 Å². The van der Waals surface area contributed by atoms with Crippen molar-refractivity contribution in [2.24, 2.45) is 0 Å². The van der Waals surface area contributed by atoms with Crippen molar-refractivity contribution in [1.82, 2.24) is 9.97 Å². The van der Waals surface area contributed by atoms with Gasteiger partial charge in [0.25, 0.3) is 0 Å². The van der Waals surface area contributed by atoms with E-state index in [2.05, 4.69) is 35.2 Å². The Kier molecular flexibility index (Phi) is 3.30. The summed E-state index contributed by atoms with van der Waals surface area (Å²) in [5, 5.41) is 3.07. The summed E-state index contributed by atoms with van der Waals surface area (Å²) in [6.45, 7) is 4.14. The minimum atomic E-state index is 0.504. The Morgan fingerprint density at radius 2 is 2.00 bits per heavy atom. The number of hydrogen-bond acceptors (Lipinski definition) is 4. The molecule has 1 aromatic heterocycles. The van der Waals surface area contributed by atoms with Gasteiger partial charge in [-0.1, -0.05) is 12.1 Å². The van der Waals surface area contributed by atoms with Gasteiger partial charge in [0, 0.05) is 19.0 Å². The number of nitrogens with one attached hydrogen (secondary N) is 1. The second kappa shape index (κ2) is 5.12. The average molecular weight is 269 g/mol. The predicted octanol–water partition coefficient (Wildman–Crippen LogP) is 3.80. The molecule has 1 aliphatic rings. The SMILES string of the molecule is CNc1cc(Oc2cccc(C)c2C)nc(C2CC2)n1. The number of rotatable bonds is 4. The molecule has 4 nitrogen and oxygen atoms in total. The van der Waals surface area contributed by atoms with E-state index in [-0.39, 0.29) is 0 Å². The Balaban J connectivity index is 1.93. The van der Waals surface area contributed by atoms with Crippen molar-refractivity contribution < 1.29 is 4.74 Å². The van der Waals surface area contributed by atoms with Gasteiger partial charge in [-0.3, -0.25) is 0 Å². The van der Waals surface area contributed by atoms with Crippen LogP contribution in [-0.2, 0) is 0 Å². The number of aromatic nitrogens is 2. The maximum Gasteiger partial charge on any atom is 0.224 e. The molecular weight excluding hydrogens is 250 g/mol. The summed E-state index contributed by atoms with van der Waals surface area (Å²) in [5.41, 5.74) is 2.36. The van der Waals surface area contributed by atoms with Crippen molar-refractivity contribution in [1.29, 1.82) is 0 Å².